The summed E-state index contributed by atoms with van der Waals surface area (Å²) in [5.74, 6) is 0. The molecule has 0 atom stereocenters. The second-order valence-electron chi connectivity index (χ2n) is 0.868. The van der Waals surface area contributed by atoms with Gasteiger partial charge in [-0.25, -0.2) is 0 Å². The molecule has 0 aromatic heterocycles. The van der Waals surface area contributed by atoms with E-state index in [9.17, 15) is 0 Å². The molecule has 0 bridgehead atoms. The molecule has 0 aliphatic heterocycles. The maximum atomic E-state index is 8.56. The van der Waals surface area contributed by atoms with Gasteiger partial charge in [0.15, 0.2) is 0 Å². The van der Waals surface area contributed by atoms with Crippen LogP contribution in [0.15, 0.2) is 0 Å². The van der Waals surface area contributed by atoms with E-state index >= 15 is 0 Å². The number of hydrogen-bond donors (Lipinski definition) is 4. The molecule has 0 rings (SSSR count). The summed E-state index contributed by atoms with van der Waals surface area (Å²) in [4.78, 5) is 0. The van der Waals surface area contributed by atoms with Crippen LogP contribution in [0.4, 0.5) is 0 Å². The van der Waals surface area contributed by atoms with Crippen molar-refractivity contribution in [2.24, 2.45) is 0 Å². The SMILES string of the molecule is O=[S-](=O)O.O=[S-](=O)O.O=[S-](=O)O.O=[S-](=O)O.[H-].[H-].[H-].[H-].[Na+].[Na+].[Na+].[Na+].[Ni]. The Morgan fingerprint density at radius 3 is 0.429 bits per heavy atom. The zero-order valence-electron chi connectivity index (χ0n) is 15.0. The van der Waals surface area contributed by atoms with Gasteiger partial charge >= 0.3 is 118 Å². The summed E-state index contributed by atoms with van der Waals surface area (Å²) in [6.45, 7) is 0. The molecule has 0 heterocycles. The Bertz CT molecular complexity index is 323. The van der Waals surface area contributed by atoms with E-state index in [1.807, 2.05) is 0 Å². The average molecular weight is 479 g/mol. The van der Waals surface area contributed by atoms with Crippen LogP contribution in [0.3, 0.4) is 0 Å². The van der Waals surface area contributed by atoms with Crippen molar-refractivity contribution in [3.05, 3.63) is 0 Å². The smallest absolute Gasteiger partial charge is 1.00 e. The van der Waals surface area contributed by atoms with Crippen molar-refractivity contribution in [1.29, 1.82) is 0 Å². The molecular weight excluding hydrogens is 471 g/mol. The maximum Gasteiger partial charge on any atom is 1.00 e. The minimum Gasteiger partial charge on any atom is -1.00 e. The molecule has 21 heteroatoms. The zero-order chi connectivity index (χ0) is 14.3. The van der Waals surface area contributed by atoms with Crippen LogP contribution >= 0.6 is 0 Å². The van der Waals surface area contributed by atoms with Crippen LogP contribution in [0.1, 0.15) is 5.71 Å². The van der Waals surface area contributed by atoms with Crippen LogP contribution in [-0.4, -0.2) is 18.2 Å². The Hall–Kier alpha value is 4.13. The van der Waals surface area contributed by atoms with Gasteiger partial charge in [-0.15, -0.1) is 0 Å². The third-order valence-electron chi connectivity index (χ3n) is 0. The fourth-order valence-electron chi connectivity index (χ4n) is 0. The van der Waals surface area contributed by atoms with Crippen molar-refractivity contribution < 1.29 is 192 Å². The van der Waals surface area contributed by atoms with Gasteiger partial charge in [0, 0.05) is 60.4 Å². The molecular formula is H8Na4NiO12S4-4. The Morgan fingerprint density at radius 1 is 0.429 bits per heavy atom. The Labute approximate surface area is 232 Å². The zero-order valence-corrected chi connectivity index (χ0v) is 23.3. The van der Waals surface area contributed by atoms with E-state index in [0.29, 0.717) is 0 Å². The summed E-state index contributed by atoms with van der Waals surface area (Å²) in [6, 6.07) is 0. The van der Waals surface area contributed by atoms with Gasteiger partial charge in [-0.2, -0.15) is 0 Å². The second kappa shape index (κ2) is 49.6. The first-order chi connectivity index (χ1) is 6.93. The Kier molecular flexibility index (Phi) is 133. The molecule has 4 N–H and O–H groups in total. The molecule has 0 aliphatic carbocycles. The Balaban J connectivity index is -0.00000000623. The molecule has 0 spiro atoms. The molecule has 0 aromatic carbocycles. The van der Waals surface area contributed by atoms with E-state index in [2.05, 4.69) is 0 Å². The quantitative estimate of drug-likeness (QED) is 0.110. The van der Waals surface area contributed by atoms with E-state index in [0.717, 1.165) is 0 Å². The molecule has 0 amide bonds. The van der Waals surface area contributed by atoms with Gasteiger partial charge in [0.2, 0.25) is 0 Å². The molecule has 0 saturated carbocycles. The molecule has 0 radical (unpaired) electrons. The molecule has 12 nitrogen and oxygen atoms in total. The third-order valence-corrected chi connectivity index (χ3v) is 0. The second-order valence-corrected chi connectivity index (χ2v) is 2.61. The number of rotatable bonds is 0. The van der Waals surface area contributed by atoms with E-state index in [1.54, 1.807) is 0 Å². The van der Waals surface area contributed by atoms with E-state index in [-0.39, 0.29) is 140 Å². The van der Waals surface area contributed by atoms with Gasteiger partial charge in [-0.05, 0) is 0 Å². The predicted octanol–water partition coefficient (Wildman–Crippen LogP) is -12.5. The molecule has 0 fully saturated rings. The van der Waals surface area contributed by atoms with Crippen LogP contribution in [0.25, 0.3) is 0 Å². The monoisotopic (exact) mass is 478 g/mol. The normalized spacial score (nSPS) is 6.48. The molecule has 122 valence electrons. The van der Waals surface area contributed by atoms with Gasteiger partial charge < -0.3 is 57.6 Å². The van der Waals surface area contributed by atoms with Crippen LogP contribution < -0.4 is 118 Å². The predicted molar refractivity (Wildman–Crippen MR) is 49.9 cm³/mol. The first-order valence-corrected chi connectivity index (χ1v) is 6.19. The van der Waals surface area contributed by atoms with Crippen molar-refractivity contribution >= 4 is 43.9 Å². The van der Waals surface area contributed by atoms with Gasteiger partial charge in [0.05, 0.1) is 0 Å². The van der Waals surface area contributed by atoms with Gasteiger partial charge in [-0.3, -0.25) is 0 Å². The molecule has 0 aromatic rings. The minimum absolute atomic E-state index is 0. The van der Waals surface area contributed by atoms with Gasteiger partial charge in [-0.1, -0.05) is 0 Å². The fourth-order valence-corrected chi connectivity index (χ4v) is 0. The van der Waals surface area contributed by atoms with Crippen molar-refractivity contribution in [2.75, 3.05) is 0 Å². The third kappa shape index (κ3) is 692. The van der Waals surface area contributed by atoms with Crippen LogP contribution in [0, 0.1) is 0 Å². The van der Waals surface area contributed by atoms with Gasteiger partial charge in [0.1, 0.15) is 0 Å². The standard InChI is InChI=1S/4Na.Ni.4HO3S.4H/c;;;;;4*1-4(2)3;;;;/h;;;;;4*(H,1,2,3);;;;/q4*+1;;8*-1. The summed E-state index contributed by atoms with van der Waals surface area (Å²) >= 11 is 0. The van der Waals surface area contributed by atoms with Crippen molar-refractivity contribution in [2.45, 2.75) is 0 Å². The minimum atomic E-state index is -2.86. The summed E-state index contributed by atoms with van der Waals surface area (Å²) in [7, 11) is -11.4. The average Bonchev–Trinajstić information content (AvgIpc) is 1.76. The summed E-state index contributed by atoms with van der Waals surface area (Å²) in [5, 5.41) is 0. The van der Waals surface area contributed by atoms with Crippen molar-refractivity contribution in [3.8, 4) is 0 Å². The molecule has 0 unspecified atom stereocenters. The Morgan fingerprint density at radius 2 is 0.429 bits per heavy atom. The fraction of sp³-hybridized carbons (Fsp3) is 0. The van der Waals surface area contributed by atoms with E-state index in [4.69, 9.17) is 51.9 Å². The summed E-state index contributed by atoms with van der Waals surface area (Å²) in [6.07, 6.45) is 0. The largest absolute Gasteiger partial charge is 1.00 e. The van der Waals surface area contributed by atoms with Crippen LogP contribution in [0.5, 0.6) is 0 Å². The summed E-state index contributed by atoms with van der Waals surface area (Å²) < 4.78 is 96.3. The maximum absolute atomic E-state index is 8.56. The number of hydrogen-bond acceptors (Lipinski definition) is 12. The molecule has 0 saturated heterocycles. The van der Waals surface area contributed by atoms with E-state index in [1.165, 1.54) is 0 Å². The summed E-state index contributed by atoms with van der Waals surface area (Å²) in [5.41, 5.74) is 0. The van der Waals surface area contributed by atoms with Crippen molar-refractivity contribution in [1.82, 2.24) is 0 Å². The first kappa shape index (κ1) is 56.2. The molecule has 21 heavy (non-hydrogen) atoms. The van der Waals surface area contributed by atoms with Gasteiger partial charge in [0.25, 0.3) is 0 Å². The van der Waals surface area contributed by atoms with Crippen LogP contribution in [0.2, 0.25) is 0 Å². The van der Waals surface area contributed by atoms with Crippen LogP contribution in [-0.2, 0) is 94.1 Å². The van der Waals surface area contributed by atoms with Crippen molar-refractivity contribution in [3.63, 3.8) is 0 Å². The topological polar surface area (TPSA) is 217 Å². The first-order valence-electron chi connectivity index (χ1n) is 2.06. The molecule has 0 aliphatic rings. The van der Waals surface area contributed by atoms with E-state index < -0.39 is 43.9 Å².